The maximum Gasteiger partial charge on any atom is 0.416 e. The van der Waals surface area contributed by atoms with Gasteiger partial charge < -0.3 is 15.4 Å². The van der Waals surface area contributed by atoms with Gasteiger partial charge in [-0.3, -0.25) is 10.6 Å². The summed E-state index contributed by atoms with van der Waals surface area (Å²) in [6, 6.07) is 2.80. The summed E-state index contributed by atoms with van der Waals surface area (Å²) in [5, 5.41) is 9.07. The van der Waals surface area contributed by atoms with Crippen LogP contribution in [0.2, 0.25) is 0 Å². The van der Waals surface area contributed by atoms with Crippen LogP contribution in [0.25, 0.3) is 0 Å². The van der Waals surface area contributed by atoms with Crippen LogP contribution in [-0.4, -0.2) is 35.6 Å². The first-order chi connectivity index (χ1) is 9.86. The topological polar surface area (TPSA) is 78.6 Å². The van der Waals surface area contributed by atoms with Crippen LogP contribution in [0.5, 0.6) is 0 Å². The van der Waals surface area contributed by atoms with Crippen molar-refractivity contribution in [3.8, 4) is 0 Å². The summed E-state index contributed by atoms with van der Waals surface area (Å²) in [5.74, 6) is 4.70. The van der Waals surface area contributed by atoms with Crippen molar-refractivity contribution in [2.45, 2.75) is 12.6 Å². The van der Waals surface area contributed by atoms with Gasteiger partial charge in [-0.15, -0.1) is 0 Å². The number of halogens is 3. The number of nitrogens with one attached hydrogen (secondary N) is 1. The van der Waals surface area contributed by atoms with Crippen LogP contribution in [0.4, 0.5) is 18.9 Å². The van der Waals surface area contributed by atoms with E-state index in [0.717, 1.165) is 18.2 Å². The highest BCUT2D eigenvalue weighted by molar-refractivity contribution is 6.00. The number of carbonyl (C=O) groups excluding carboxylic acids is 1. The van der Waals surface area contributed by atoms with E-state index in [0.29, 0.717) is 19.5 Å². The average Bonchev–Trinajstić information content (AvgIpc) is 2.93. The number of benzene rings is 1. The third-order valence-electron chi connectivity index (χ3n) is 3.56. The van der Waals surface area contributed by atoms with Gasteiger partial charge in [0.1, 0.15) is 0 Å². The standard InChI is InChI=1S/C13H16F3N3O2/c14-13(15,16)9-1-2-11(18-17)10(5-9)12(21)19-4-3-8(6-19)7-20/h1-2,5,8,18,20H,3-4,6-7,17H2. The van der Waals surface area contributed by atoms with Gasteiger partial charge in [0, 0.05) is 25.6 Å². The minimum Gasteiger partial charge on any atom is -0.396 e. The van der Waals surface area contributed by atoms with Crippen molar-refractivity contribution in [1.82, 2.24) is 4.90 Å². The number of carbonyl (C=O) groups is 1. The number of aliphatic hydroxyl groups excluding tert-OH is 1. The molecule has 0 aliphatic carbocycles. The quantitative estimate of drug-likeness (QED) is 0.583. The Bertz CT molecular complexity index is 534. The van der Waals surface area contributed by atoms with Gasteiger partial charge in [-0.1, -0.05) is 0 Å². The Hall–Kier alpha value is -1.80. The molecule has 0 aromatic heterocycles. The van der Waals surface area contributed by atoms with Gasteiger partial charge in [-0.05, 0) is 24.6 Å². The van der Waals surface area contributed by atoms with Crippen LogP contribution < -0.4 is 11.3 Å². The number of nitrogen functional groups attached to an aromatic ring is 1. The van der Waals surface area contributed by atoms with Gasteiger partial charge in [0.2, 0.25) is 0 Å². The van der Waals surface area contributed by atoms with Gasteiger partial charge in [0.25, 0.3) is 5.91 Å². The summed E-state index contributed by atoms with van der Waals surface area (Å²) >= 11 is 0. The largest absolute Gasteiger partial charge is 0.416 e. The van der Waals surface area contributed by atoms with Crippen molar-refractivity contribution in [2.75, 3.05) is 25.1 Å². The number of amides is 1. The van der Waals surface area contributed by atoms with Crippen LogP contribution in [0.3, 0.4) is 0 Å². The Kier molecular flexibility index (Phi) is 4.38. The zero-order valence-electron chi connectivity index (χ0n) is 11.2. The lowest BCUT2D eigenvalue weighted by Crippen LogP contribution is -2.30. The highest BCUT2D eigenvalue weighted by atomic mass is 19.4. The lowest BCUT2D eigenvalue weighted by Gasteiger charge is -2.19. The Balaban J connectivity index is 2.31. The number of likely N-dealkylation sites (tertiary alicyclic amines) is 1. The molecular formula is C13H16F3N3O2. The molecule has 1 amide bonds. The van der Waals surface area contributed by atoms with Crippen molar-refractivity contribution in [3.63, 3.8) is 0 Å². The average molecular weight is 303 g/mol. The van der Waals surface area contributed by atoms with Crippen LogP contribution in [-0.2, 0) is 6.18 Å². The van der Waals surface area contributed by atoms with E-state index in [1.807, 2.05) is 0 Å². The summed E-state index contributed by atoms with van der Waals surface area (Å²) in [6.45, 7) is 0.689. The van der Waals surface area contributed by atoms with Crippen molar-refractivity contribution in [3.05, 3.63) is 29.3 Å². The van der Waals surface area contributed by atoms with E-state index in [1.165, 1.54) is 4.90 Å². The van der Waals surface area contributed by atoms with Gasteiger partial charge in [-0.2, -0.15) is 13.2 Å². The normalized spacial score (nSPS) is 18.9. The highest BCUT2D eigenvalue weighted by Gasteiger charge is 2.33. The third kappa shape index (κ3) is 3.27. The Morgan fingerprint density at radius 1 is 1.48 bits per heavy atom. The maximum absolute atomic E-state index is 12.8. The summed E-state index contributed by atoms with van der Waals surface area (Å²) in [5.41, 5.74) is 1.36. The van der Waals surface area contributed by atoms with E-state index in [9.17, 15) is 18.0 Å². The zero-order chi connectivity index (χ0) is 15.6. The molecule has 1 aliphatic rings. The molecule has 1 fully saturated rings. The number of nitrogens with zero attached hydrogens (tertiary/aromatic N) is 1. The molecule has 1 atom stereocenters. The number of anilines is 1. The lowest BCUT2D eigenvalue weighted by molar-refractivity contribution is -0.137. The molecule has 1 aromatic carbocycles. The summed E-state index contributed by atoms with van der Waals surface area (Å²) in [4.78, 5) is 13.8. The zero-order valence-corrected chi connectivity index (χ0v) is 11.2. The maximum atomic E-state index is 12.8. The Labute approximate surface area is 119 Å². The smallest absolute Gasteiger partial charge is 0.396 e. The van der Waals surface area contributed by atoms with E-state index < -0.39 is 17.6 Å². The van der Waals surface area contributed by atoms with Crippen LogP contribution in [0, 0.1) is 5.92 Å². The molecule has 1 aliphatic heterocycles. The van der Waals surface area contributed by atoms with Crippen molar-refractivity contribution < 1.29 is 23.1 Å². The predicted molar refractivity (Wildman–Crippen MR) is 70.4 cm³/mol. The predicted octanol–water partition coefficient (Wildman–Crippen LogP) is 1.45. The van der Waals surface area contributed by atoms with Gasteiger partial charge in [0.05, 0.1) is 16.8 Å². The van der Waals surface area contributed by atoms with Gasteiger partial charge in [0.15, 0.2) is 0 Å². The molecular weight excluding hydrogens is 287 g/mol. The van der Waals surface area contributed by atoms with E-state index >= 15 is 0 Å². The molecule has 1 aromatic rings. The fourth-order valence-electron chi connectivity index (χ4n) is 2.36. The second kappa shape index (κ2) is 5.90. The number of nitrogens with two attached hydrogens (primary N) is 1. The first-order valence-electron chi connectivity index (χ1n) is 6.44. The molecule has 2 rings (SSSR count). The number of hydrazine groups is 1. The number of rotatable bonds is 3. The van der Waals surface area contributed by atoms with Crippen molar-refractivity contribution in [2.24, 2.45) is 11.8 Å². The summed E-state index contributed by atoms with van der Waals surface area (Å²) in [6.07, 6.45) is -3.90. The molecule has 21 heavy (non-hydrogen) atoms. The van der Waals surface area contributed by atoms with Crippen molar-refractivity contribution in [1.29, 1.82) is 0 Å². The summed E-state index contributed by atoms with van der Waals surface area (Å²) in [7, 11) is 0. The van der Waals surface area contributed by atoms with E-state index in [2.05, 4.69) is 5.43 Å². The number of alkyl halides is 3. The molecule has 116 valence electrons. The highest BCUT2D eigenvalue weighted by Crippen LogP contribution is 2.32. The SMILES string of the molecule is NNc1ccc(C(F)(F)F)cc1C(=O)N1CCC(CO)C1. The molecule has 1 saturated heterocycles. The molecule has 0 spiro atoms. The molecule has 0 saturated carbocycles. The molecule has 4 N–H and O–H groups in total. The molecule has 5 nitrogen and oxygen atoms in total. The van der Waals surface area contributed by atoms with Crippen LogP contribution in [0.15, 0.2) is 18.2 Å². The molecule has 8 heteroatoms. The Morgan fingerprint density at radius 2 is 2.19 bits per heavy atom. The van der Waals surface area contributed by atoms with E-state index in [4.69, 9.17) is 10.9 Å². The lowest BCUT2D eigenvalue weighted by atomic mass is 10.1. The molecule has 0 radical (unpaired) electrons. The van der Waals surface area contributed by atoms with Crippen LogP contribution in [0.1, 0.15) is 22.3 Å². The van der Waals surface area contributed by atoms with Gasteiger partial charge >= 0.3 is 6.18 Å². The first kappa shape index (κ1) is 15.6. The Morgan fingerprint density at radius 3 is 2.71 bits per heavy atom. The molecule has 0 bridgehead atoms. The summed E-state index contributed by atoms with van der Waals surface area (Å²) < 4.78 is 38.3. The second-order valence-electron chi connectivity index (χ2n) is 4.99. The minimum absolute atomic E-state index is 0.0333. The fraction of sp³-hybridized carbons (Fsp3) is 0.462. The van der Waals surface area contributed by atoms with Gasteiger partial charge in [-0.25, -0.2) is 0 Å². The first-order valence-corrected chi connectivity index (χ1v) is 6.44. The second-order valence-corrected chi connectivity index (χ2v) is 4.99. The van der Waals surface area contributed by atoms with E-state index in [-0.39, 0.29) is 23.8 Å². The number of aliphatic hydroxyl groups is 1. The van der Waals surface area contributed by atoms with E-state index in [1.54, 1.807) is 0 Å². The van der Waals surface area contributed by atoms with Crippen LogP contribution >= 0.6 is 0 Å². The van der Waals surface area contributed by atoms with Crippen molar-refractivity contribution >= 4 is 11.6 Å². The third-order valence-corrected chi connectivity index (χ3v) is 3.56. The number of hydrogen-bond acceptors (Lipinski definition) is 4. The monoisotopic (exact) mass is 303 g/mol. The molecule has 1 heterocycles. The molecule has 1 unspecified atom stereocenters. The fourth-order valence-corrected chi connectivity index (χ4v) is 2.36. The minimum atomic E-state index is -4.53. The number of hydrogen-bond donors (Lipinski definition) is 3.